The van der Waals surface area contributed by atoms with Crippen LogP contribution in [0, 0.1) is 0 Å². The Bertz CT molecular complexity index is 614. The van der Waals surface area contributed by atoms with Crippen LogP contribution in [0.4, 0.5) is 4.79 Å². The average molecular weight is 333 g/mol. The molecule has 1 fully saturated rings. The van der Waals surface area contributed by atoms with Gasteiger partial charge < -0.3 is 19.5 Å². The number of carbonyl (C=O) groups is 1. The van der Waals surface area contributed by atoms with Crippen molar-refractivity contribution in [3.05, 3.63) is 29.3 Å². The summed E-state index contributed by atoms with van der Waals surface area (Å²) >= 11 is 0. The van der Waals surface area contributed by atoms with Crippen molar-refractivity contribution in [1.82, 2.24) is 4.90 Å². The maximum absolute atomic E-state index is 12.4. The lowest BCUT2D eigenvalue weighted by atomic mass is 9.90. The number of rotatable bonds is 1. The Balaban J connectivity index is 1.86. The minimum absolute atomic E-state index is 0.330. The molecule has 3 rings (SSSR count). The number of ether oxygens (including phenoxy) is 2. The lowest BCUT2D eigenvalue weighted by Crippen LogP contribution is -2.37. The summed E-state index contributed by atoms with van der Waals surface area (Å²) < 4.78 is 11.4. The summed E-state index contributed by atoms with van der Waals surface area (Å²) in [5.74, 6) is 0.743. The van der Waals surface area contributed by atoms with Gasteiger partial charge in [-0.1, -0.05) is 31.0 Å². The van der Waals surface area contributed by atoms with Gasteiger partial charge in [-0.2, -0.15) is 0 Å². The van der Waals surface area contributed by atoms with Crippen LogP contribution >= 0.6 is 0 Å². The normalized spacial score (nSPS) is 20.1. The molecule has 1 aliphatic heterocycles. The lowest BCUT2D eigenvalue weighted by Gasteiger charge is -2.27. The van der Waals surface area contributed by atoms with Gasteiger partial charge in [-0.25, -0.2) is 4.79 Å². The molecular formula is C19H27NO4. The zero-order valence-corrected chi connectivity index (χ0v) is 14.8. The van der Waals surface area contributed by atoms with Crippen molar-refractivity contribution in [3.8, 4) is 5.75 Å². The maximum atomic E-state index is 12.4. The van der Waals surface area contributed by atoms with E-state index >= 15 is 0 Å². The van der Waals surface area contributed by atoms with Crippen molar-refractivity contribution in [3.63, 3.8) is 0 Å². The molecule has 2 aliphatic rings. The Morgan fingerprint density at radius 3 is 2.67 bits per heavy atom. The molecule has 0 saturated heterocycles. The van der Waals surface area contributed by atoms with E-state index in [-0.39, 0.29) is 6.09 Å². The molecule has 1 saturated carbocycles. The van der Waals surface area contributed by atoms with Crippen molar-refractivity contribution in [2.45, 2.75) is 64.2 Å². The first-order valence-electron chi connectivity index (χ1n) is 8.74. The van der Waals surface area contributed by atoms with Gasteiger partial charge in [-0.15, -0.1) is 0 Å². The SMILES string of the molecule is CC(C)(C)OC(=O)N1CCOc2c(cccc2C2(O)CCCC2)C1. The van der Waals surface area contributed by atoms with Crippen LogP contribution in [0.25, 0.3) is 0 Å². The van der Waals surface area contributed by atoms with Crippen LogP contribution < -0.4 is 4.74 Å². The highest BCUT2D eigenvalue weighted by Gasteiger charge is 2.37. The van der Waals surface area contributed by atoms with Gasteiger partial charge >= 0.3 is 6.09 Å². The van der Waals surface area contributed by atoms with Crippen LogP contribution in [0.2, 0.25) is 0 Å². The van der Waals surface area contributed by atoms with Crippen LogP contribution in [-0.2, 0) is 16.9 Å². The second-order valence-electron chi connectivity index (χ2n) is 7.78. The zero-order valence-electron chi connectivity index (χ0n) is 14.8. The molecule has 0 aromatic heterocycles. The van der Waals surface area contributed by atoms with Crippen LogP contribution in [0.3, 0.4) is 0 Å². The molecular weight excluding hydrogens is 306 g/mol. The van der Waals surface area contributed by atoms with Crippen molar-refractivity contribution >= 4 is 6.09 Å². The number of amides is 1. The molecule has 24 heavy (non-hydrogen) atoms. The van der Waals surface area contributed by atoms with E-state index in [0.29, 0.717) is 19.7 Å². The largest absolute Gasteiger partial charge is 0.491 e. The van der Waals surface area contributed by atoms with Crippen LogP contribution in [-0.4, -0.2) is 34.9 Å². The Hall–Kier alpha value is -1.75. The quantitative estimate of drug-likeness (QED) is 0.853. The number of hydrogen-bond acceptors (Lipinski definition) is 4. The van der Waals surface area contributed by atoms with Gasteiger partial charge in [0.2, 0.25) is 0 Å². The van der Waals surface area contributed by atoms with Crippen molar-refractivity contribution in [1.29, 1.82) is 0 Å². The van der Waals surface area contributed by atoms with Gasteiger partial charge in [0.15, 0.2) is 0 Å². The number of nitrogens with zero attached hydrogens (tertiary/aromatic N) is 1. The molecule has 1 aliphatic carbocycles. The van der Waals surface area contributed by atoms with E-state index in [9.17, 15) is 9.90 Å². The molecule has 1 heterocycles. The fraction of sp³-hybridized carbons (Fsp3) is 0.632. The summed E-state index contributed by atoms with van der Waals surface area (Å²) in [7, 11) is 0. The third-order valence-corrected chi connectivity index (χ3v) is 4.65. The number of carbonyl (C=O) groups excluding carboxylic acids is 1. The first-order valence-corrected chi connectivity index (χ1v) is 8.74. The number of aliphatic hydroxyl groups is 1. The molecule has 1 aromatic rings. The summed E-state index contributed by atoms with van der Waals surface area (Å²) in [5, 5.41) is 11.0. The van der Waals surface area contributed by atoms with E-state index in [1.807, 2.05) is 39.0 Å². The van der Waals surface area contributed by atoms with Crippen LogP contribution in [0.5, 0.6) is 5.75 Å². The molecule has 5 nitrogen and oxygen atoms in total. The summed E-state index contributed by atoms with van der Waals surface area (Å²) in [6.07, 6.45) is 3.27. The molecule has 0 radical (unpaired) electrons. The Morgan fingerprint density at radius 2 is 2.00 bits per heavy atom. The van der Waals surface area contributed by atoms with Gasteiger partial charge in [0.25, 0.3) is 0 Å². The topological polar surface area (TPSA) is 59.0 Å². The van der Waals surface area contributed by atoms with E-state index in [0.717, 1.165) is 42.6 Å². The average Bonchev–Trinajstić information content (AvgIpc) is 2.81. The predicted molar refractivity (Wildman–Crippen MR) is 90.9 cm³/mol. The minimum Gasteiger partial charge on any atom is -0.491 e. The van der Waals surface area contributed by atoms with E-state index in [1.54, 1.807) is 4.90 Å². The van der Waals surface area contributed by atoms with Crippen molar-refractivity contribution in [2.75, 3.05) is 13.2 Å². The first-order chi connectivity index (χ1) is 11.3. The number of fused-ring (bicyclic) bond motifs is 1. The second-order valence-corrected chi connectivity index (χ2v) is 7.78. The fourth-order valence-electron chi connectivity index (χ4n) is 3.50. The lowest BCUT2D eigenvalue weighted by molar-refractivity contribution is 0.0223. The number of hydrogen-bond donors (Lipinski definition) is 1. The zero-order chi connectivity index (χ0) is 17.4. The van der Waals surface area contributed by atoms with Gasteiger partial charge in [-0.3, -0.25) is 0 Å². The van der Waals surface area contributed by atoms with Crippen LogP contribution in [0.15, 0.2) is 18.2 Å². The maximum Gasteiger partial charge on any atom is 0.410 e. The Morgan fingerprint density at radius 1 is 1.29 bits per heavy atom. The monoisotopic (exact) mass is 333 g/mol. The molecule has 0 unspecified atom stereocenters. The summed E-state index contributed by atoms with van der Waals surface area (Å²) in [6.45, 7) is 6.90. The molecule has 5 heteroatoms. The highest BCUT2D eigenvalue weighted by atomic mass is 16.6. The molecule has 1 amide bonds. The van der Waals surface area contributed by atoms with Gasteiger partial charge in [-0.05, 0) is 33.6 Å². The third-order valence-electron chi connectivity index (χ3n) is 4.65. The second kappa shape index (κ2) is 6.28. The highest BCUT2D eigenvalue weighted by molar-refractivity contribution is 5.68. The molecule has 1 aromatic carbocycles. The smallest absolute Gasteiger partial charge is 0.410 e. The van der Waals surface area contributed by atoms with E-state index in [1.165, 1.54) is 0 Å². The van der Waals surface area contributed by atoms with Crippen LogP contribution in [0.1, 0.15) is 57.6 Å². The number of benzene rings is 1. The van der Waals surface area contributed by atoms with Gasteiger partial charge in [0.1, 0.15) is 18.0 Å². The van der Waals surface area contributed by atoms with Gasteiger partial charge in [0.05, 0.1) is 18.7 Å². The molecule has 0 bridgehead atoms. The highest BCUT2D eigenvalue weighted by Crippen LogP contribution is 2.44. The molecule has 0 atom stereocenters. The number of para-hydroxylation sites is 1. The minimum atomic E-state index is -0.799. The summed E-state index contributed by atoms with van der Waals surface area (Å²) in [6, 6.07) is 5.85. The molecule has 132 valence electrons. The third kappa shape index (κ3) is 3.51. The molecule has 0 spiro atoms. The summed E-state index contributed by atoms with van der Waals surface area (Å²) in [4.78, 5) is 14.0. The summed E-state index contributed by atoms with van der Waals surface area (Å²) in [5.41, 5.74) is 0.472. The Labute approximate surface area is 143 Å². The van der Waals surface area contributed by atoms with Gasteiger partial charge in [0, 0.05) is 11.1 Å². The van der Waals surface area contributed by atoms with Crippen molar-refractivity contribution in [2.24, 2.45) is 0 Å². The standard InChI is InChI=1S/C19H27NO4/c1-18(2,3)24-17(21)20-11-12-23-16-14(13-20)7-6-8-15(16)19(22)9-4-5-10-19/h6-8,22H,4-5,9-13H2,1-3H3. The first kappa shape index (κ1) is 17.1. The van der Waals surface area contributed by atoms with E-state index in [4.69, 9.17) is 9.47 Å². The molecule has 1 N–H and O–H groups in total. The predicted octanol–water partition coefficient (Wildman–Crippen LogP) is 3.58. The fourth-order valence-corrected chi connectivity index (χ4v) is 3.50. The Kier molecular flexibility index (Phi) is 4.47. The van der Waals surface area contributed by atoms with E-state index < -0.39 is 11.2 Å². The van der Waals surface area contributed by atoms with E-state index in [2.05, 4.69) is 0 Å². The van der Waals surface area contributed by atoms with Crippen molar-refractivity contribution < 1.29 is 19.4 Å².